The molecule has 8 heteroatoms. The number of esters is 2. The highest BCUT2D eigenvalue weighted by Crippen LogP contribution is 2.24. The Labute approximate surface area is 102 Å². The van der Waals surface area contributed by atoms with E-state index in [1.807, 2.05) is 0 Å². The number of aliphatic imine (C=N–C) groups is 1. The van der Waals surface area contributed by atoms with Crippen LogP contribution >= 0.6 is 0 Å². The van der Waals surface area contributed by atoms with E-state index >= 15 is 0 Å². The molecule has 0 radical (unpaired) electrons. The van der Waals surface area contributed by atoms with Gasteiger partial charge < -0.3 is 14.6 Å². The molecule has 0 aromatic rings. The van der Waals surface area contributed by atoms with Gasteiger partial charge in [-0.25, -0.2) is 9.38 Å². The summed E-state index contributed by atoms with van der Waals surface area (Å²) in [4.78, 5) is 35.8. The predicted molar refractivity (Wildman–Crippen MR) is 55.6 cm³/mol. The molecular weight excluding hydrogens is 249 g/mol. The topological polar surface area (TPSA) is 102 Å². The fourth-order valence-electron chi connectivity index (χ4n) is 1.33. The first-order valence-corrected chi connectivity index (χ1v) is 5.08. The molecule has 1 N–H and O–H groups in total. The molecule has 1 aliphatic heterocycles. The number of nitrogens with zero attached hydrogens (tertiary/aromatic N) is 1. The summed E-state index contributed by atoms with van der Waals surface area (Å²) in [6.45, 7) is 1.65. The average Bonchev–Trinajstić information content (AvgIpc) is 2.92. The van der Waals surface area contributed by atoms with E-state index in [2.05, 4.69) is 9.73 Å². The minimum absolute atomic E-state index is 0.162. The van der Waals surface area contributed by atoms with Crippen molar-refractivity contribution in [3.05, 3.63) is 0 Å². The molecule has 0 aromatic heterocycles. The van der Waals surface area contributed by atoms with E-state index < -0.39 is 42.8 Å². The number of aliphatic carboxylic acids is 1. The third-order valence-electron chi connectivity index (χ3n) is 2.17. The molecule has 0 saturated heterocycles. The lowest BCUT2D eigenvalue weighted by Gasteiger charge is -2.20. The Morgan fingerprint density at radius 3 is 2.28 bits per heavy atom. The van der Waals surface area contributed by atoms with Gasteiger partial charge in [0.2, 0.25) is 6.30 Å². The number of halogens is 1. The summed E-state index contributed by atoms with van der Waals surface area (Å²) in [6, 6.07) is 0. The van der Waals surface area contributed by atoms with E-state index in [-0.39, 0.29) is 5.71 Å². The molecule has 0 aromatic carbocycles. The lowest BCUT2D eigenvalue weighted by atomic mass is 10.0. The number of alkyl halides is 1. The molecule has 18 heavy (non-hydrogen) atoms. The number of carbonyl (C=O) groups is 3. The van der Waals surface area contributed by atoms with Crippen LogP contribution in [0.4, 0.5) is 4.39 Å². The second-order valence-corrected chi connectivity index (χ2v) is 3.67. The van der Waals surface area contributed by atoms with Crippen LogP contribution in [0, 0.1) is 5.92 Å². The average molecular weight is 261 g/mol. The molecule has 100 valence electrons. The monoisotopic (exact) mass is 261 g/mol. The molecule has 0 fully saturated rings. The van der Waals surface area contributed by atoms with Gasteiger partial charge in [0.25, 0.3) is 0 Å². The normalized spacial score (nSPS) is 20.4. The molecule has 1 rings (SSSR count). The summed E-state index contributed by atoms with van der Waals surface area (Å²) in [7, 11) is 0. The number of rotatable bonds is 6. The lowest BCUT2D eigenvalue weighted by molar-refractivity contribution is -0.157. The van der Waals surface area contributed by atoms with Crippen LogP contribution in [0.25, 0.3) is 0 Å². The Hall–Kier alpha value is -1.99. The smallest absolute Gasteiger partial charge is 0.314 e. The van der Waals surface area contributed by atoms with Crippen LogP contribution in [-0.4, -0.2) is 47.7 Å². The van der Waals surface area contributed by atoms with Gasteiger partial charge in [-0.05, 0) is 0 Å². The van der Waals surface area contributed by atoms with Crippen molar-refractivity contribution >= 4 is 23.6 Å². The highest BCUT2D eigenvalue weighted by atomic mass is 19.1. The first kappa shape index (κ1) is 14.1. The SMILES string of the molecule is CC(=O)OC[C@@H](C(=O)O)[C@@H](OC(C)=O)C1=NC1F. The van der Waals surface area contributed by atoms with Crippen LogP contribution in [0.2, 0.25) is 0 Å². The van der Waals surface area contributed by atoms with Gasteiger partial charge in [0.1, 0.15) is 18.2 Å². The van der Waals surface area contributed by atoms with Crippen molar-refractivity contribution in [1.82, 2.24) is 0 Å². The van der Waals surface area contributed by atoms with Gasteiger partial charge in [-0.15, -0.1) is 0 Å². The fourth-order valence-corrected chi connectivity index (χ4v) is 1.33. The first-order valence-electron chi connectivity index (χ1n) is 5.08. The van der Waals surface area contributed by atoms with E-state index in [0.29, 0.717) is 0 Å². The van der Waals surface area contributed by atoms with Crippen LogP contribution in [0.3, 0.4) is 0 Å². The van der Waals surface area contributed by atoms with Crippen LogP contribution in [0.1, 0.15) is 13.8 Å². The fraction of sp³-hybridized carbons (Fsp3) is 0.600. The quantitative estimate of drug-likeness (QED) is 0.530. The van der Waals surface area contributed by atoms with Gasteiger partial charge in [-0.2, -0.15) is 0 Å². The minimum atomic E-state index is -1.63. The van der Waals surface area contributed by atoms with Crippen LogP contribution in [0.15, 0.2) is 4.99 Å². The summed E-state index contributed by atoms with van der Waals surface area (Å²) in [6.07, 6.45) is -2.98. The van der Waals surface area contributed by atoms with Gasteiger partial charge >= 0.3 is 17.9 Å². The number of hydrogen-bond acceptors (Lipinski definition) is 6. The molecule has 0 amide bonds. The second kappa shape index (κ2) is 5.56. The third kappa shape index (κ3) is 3.79. The van der Waals surface area contributed by atoms with Crippen molar-refractivity contribution in [2.75, 3.05) is 6.61 Å². The second-order valence-electron chi connectivity index (χ2n) is 3.67. The van der Waals surface area contributed by atoms with E-state index in [0.717, 1.165) is 13.8 Å². The summed E-state index contributed by atoms with van der Waals surface area (Å²) in [5.41, 5.74) is -0.162. The number of ether oxygens (including phenoxy) is 2. The molecule has 7 nitrogen and oxygen atoms in total. The zero-order chi connectivity index (χ0) is 13.9. The van der Waals surface area contributed by atoms with Crippen LogP contribution in [0.5, 0.6) is 0 Å². The molecule has 0 aliphatic carbocycles. The van der Waals surface area contributed by atoms with Gasteiger partial charge in [-0.3, -0.25) is 14.4 Å². The Bertz CT molecular complexity index is 407. The zero-order valence-electron chi connectivity index (χ0n) is 9.75. The molecule has 0 saturated carbocycles. The number of hydrogen-bond donors (Lipinski definition) is 1. The van der Waals surface area contributed by atoms with Crippen molar-refractivity contribution in [2.45, 2.75) is 26.2 Å². The van der Waals surface area contributed by atoms with Gasteiger partial charge in [0.05, 0.1) is 0 Å². The van der Waals surface area contributed by atoms with Crippen molar-refractivity contribution < 1.29 is 33.4 Å². The molecule has 0 spiro atoms. The summed E-state index contributed by atoms with van der Waals surface area (Å²) >= 11 is 0. The van der Waals surface area contributed by atoms with Crippen LogP contribution < -0.4 is 0 Å². The Balaban J connectivity index is 2.77. The summed E-state index contributed by atoms with van der Waals surface area (Å²) < 4.78 is 22.1. The Kier molecular flexibility index (Phi) is 4.35. The Morgan fingerprint density at radius 1 is 1.39 bits per heavy atom. The molecule has 0 bridgehead atoms. The number of carbonyl (C=O) groups excluding carboxylic acids is 2. The van der Waals surface area contributed by atoms with Gasteiger partial charge in [0, 0.05) is 13.8 Å². The lowest BCUT2D eigenvalue weighted by Crippen LogP contribution is -2.39. The summed E-state index contributed by atoms with van der Waals surface area (Å²) in [5.74, 6) is -4.20. The van der Waals surface area contributed by atoms with E-state index in [1.165, 1.54) is 0 Å². The van der Waals surface area contributed by atoms with E-state index in [1.54, 1.807) is 0 Å². The molecule has 3 atom stereocenters. The van der Waals surface area contributed by atoms with E-state index in [4.69, 9.17) is 9.84 Å². The molecule has 1 aliphatic rings. The van der Waals surface area contributed by atoms with Crippen molar-refractivity contribution in [3.63, 3.8) is 0 Å². The largest absolute Gasteiger partial charge is 0.481 e. The van der Waals surface area contributed by atoms with Crippen molar-refractivity contribution in [3.8, 4) is 0 Å². The first-order chi connectivity index (χ1) is 8.32. The summed E-state index contributed by atoms with van der Waals surface area (Å²) in [5, 5.41) is 8.97. The van der Waals surface area contributed by atoms with Gasteiger partial charge in [-0.1, -0.05) is 0 Å². The maximum absolute atomic E-state index is 12.8. The van der Waals surface area contributed by atoms with E-state index in [9.17, 15) is 18.8 Å². The van der Waals surface area contributed by atoms with Crippen LogP contribution in [-0.2, 0) is 23.9 Å². The minimum Gasteiger partial charge on any atom is -0.481 e. The number of carboxylic acid groups (broad SMARTS) is 1. The van der Waals surface area contributed by atoms with Gasteiger partial charge in [0.15, 0.2) is 6.10 Å². The highest BCUT2D eigenvalue weighted by Gasteiger charge is 2.45. The predicted octanol–water partition coefficient (Wildman–Crippen LogP) is -0.0678. The number of carboxylic acids is 1. The molecular formula is C10H12FNO6. The maximum atomic E-state index is 12.8. The third-order valence-corrected chi connectivity index (χ3v) is 2.17. The van der Waals surface area contributed by atoms with Crippen molar-refractivity contribution in [1.29, 1.82) is 0 Å². The molecule has 1 unspecified atom stereocenters. The highest BCUT2D eigenvalue weighted by molar-refractivity contribution is 6.05. The van der Waals surface area contributed by atoms with Crippen molar-refractivity contribution in [2.24, 2.45) is 10.9 Å². The maximum Gasteiger partial charge on any atom is 0.314 e. The zero-order valence-corrected chi connectivity index (χ0v) is 9.75. The molecule has 1 heterocycles. The standard InChI is InChI=1S/C10H12FNO6/c1-4(13)17-3-6(10(15)16)8(18-5(2)14)7-9(11)12-7/h6,8-9H,3H2,1-2H3,(H,15,16)/t6-,8-,9?/m1/s1. The Morgan fingerprint density at radius 2 is 1.94 bits per heavy atom.